The summed E-state index contributed by atoms with van der Waals surface area (Å²) in [5.74, 6) is 0. The molecule has 1 atom stereocenters. The minimum absolute atomic E-state index is 0.102. The van der Waals surface area contributed by atoms with Gasteiger partial charge < -0.3 is 4.74 Å². The van der Waals surface area contributed by atoms with Crippen LogP contribution in [0.5, 0.6) is 0 Å². The van der Waals surface area contributed by atoms with E-state index in [-0.39, 0.29) is 6.23 Å². The Balaban J connectivity index is 2.87. The van der Waals surface area contributed by atoms with Crippen LogP contribution in [-0.2, 0) is 4.74 Å². The van der Waals surface area contributed by atoms with Crippen molar-refractivity contribution in [2.45, 2.75) is 13.2 Å². The fourth-order valence-electron chi connectivity index (χ4n) is 1.19. The van der Waals surface area contributed by atoms with Crippen molar-refractivity contribution in [2.75, 3.05) is 21.2 Å². The summed E-state index contributed by atoms with van der Waals surface area (Å²) in [5, 5.41) is 2.10. The van der Waals surface area contributed by atoms with E-state index >= 15 is 0 Å². The fourth-order valence-corrected chi connectivity index (χ4v) is 2.29. The zero-order valence-electron chi connectivity index (χ0n) is 8.00. The Bertz CT molecular complexity index is 244. The summed E-state index contributed by atoms with van der Waals surface area (Å²) >= 11 is 1.74. The third kappa shape index (κ3) is 1.86. The van der Waals surface area contributed by atoms with Gasteiger partial charge >= 0.3 is 0 Å². The molecular weight excluding hydrogens is 170 g/mol. The molecular formula is C9H15NOS. The zero-order valence-corrected chi connectivity index (χ0v) is 8.81. The van der Waals surface area contributed by atoms with E-state index < -0.39 is 0 Å². The number of nitrogens with zero attached hydrogens (tertiary/aromatic N) is 1. The van der Waals surface area contributed by atoms with Crippen LogP contribution in [0.4, 0.5) is 0 Å². The molecule has 0 spiro atoms. The highest BCUT2D eigenvalue weighted by Gasteiger charge is 2.15. The number of thiophene rings is 1. The van der Waals surface area contributed by atoms with E-state index in [0.717, 1.165) is 0 Å². The highest BCUT2D eigenvalue weighted by atomic mass is 32.1. The van der Waals surface area contributed by atoms with E-state index in [0.29, 0.717) is 0 Å². The molecule has 2 nitrogen and oxygen atoms in total. The van der Waals surface area contributed by atoms with Crippen LogP contribution in [0, 0.1) is 6.92 Å². The van der Waals surface area contributed by atoms with Crippen LogP contribution >= 0.6 is 11.3 Å². The molecule has 1 heterocycles. The van der Waals surface area contributed by atoms with Crippen LogP contribution in [0.3, 0.4) is 0 Å². The van der Waals surface area contributed by atoms with Crippen LogP contribution < -0.4 is 0 Å². The van der Waals surface area contributed by atoms with E-state index in [2.05, 4.69) is 23.3 Å². The molecule has 0 aromatic carbocycles. The lowest BCUT2D eigenvalue weighted by Crippen LogP contribution is -2.21. The van der Waals surface area contributed by atoms with Crippen molar-refractivity contribution in [3.8, 4) is 0 Å². The van der Waals surface area contributed by atoms with Gasteiger partial charge in [0, 0.05) is 7.11 Å². The molecule has 0 bridgehead atoms. The van der Waals surface area contributed by atoms with Crippen molar-refractivity contribution >= 4 is 11.3 Å². The first kappa shape index (κ1) is 9.71. The molecule has 0 radical (unpaired) electrons. The SMILES string of the molecule is COC(c1sccc1C)N(C)C. The largest absolute Gasteiger partial charge is 0.361 e. The summed E-state index contributed by atoms with van der Waals surface area (Å²) in [6.45, 7) is 2.11. The number of methoxy groups -OCH3 is 1. The molecule has 68 valence electrons. The molecule has 12 heavy (non-hydrogen) atoms. The van der Waals surface area contributed by atoms with Crippen molar-refractivity contribution in [1.82, 2.24) is 4.90 Å². The van der Waals surface area contributed by atoms with Crippen molar-refractivity contribution in [1.29, 1.82) is 0 Å². The lowest BCUT2D eigenvalue weighted by atomic mass is 10.2. The quantitative estimate of drug-likeness (QED) is 0.670. The van der Waals surface area contributed by atoms with Gasteiger partial charge in [-0.05, 0) is 38.0 Å². The van der Waals surface area contributed by atoms with E-state index in [9.17, 15) is 0 Å². The first-order valence-corrected chi connectivity index (χ1v) is 4.78. The summed E-state index contributed by atoms with van der Waals surface area (Å²) < 4.78 is 5.37. The van der Waals surface area contributed by atoms with Crippen molar-refractivity contribution in [2.24, 2.45) is 0 Å². The molecule has 0 aliphatic rings. The van der Waals surface area contributed by atoms with Crippen LogP contribution in [0.1, 0.15) is 16.7 Å². The third-order valence-corrected chi connectivity index (χ3v) is 2.87. The van der Waals surface area contributed by atoms with E-state index in [4.69, 9.17) is 4.74 Å². The molecule has 0 aliphatic heterocycles. The van der Waals surface area contributed by atoms with Gasteiger partial charge in [0.1, 0.15) is 6.23 Å². The van der Waals surface area contributed by atoms with Crippen LogP contribution in [0.2, 0.25) is 0 Å². The fraction of sp³-hybridized carbons (Fsp3) is 0.556. The predicted octanol–water partition coefficient (Wildman–Crippen LogP) is 2.26. The Labute approximate surface area is 77.8 Å². The number of ether oxygens (including phenoxy) is 1. The maximum Gasteiger partial charge on any atom is 0.145 e. The minimum atomic E-state index is 0.102. The maximum atomic E-state index is 5.37. The molecule has 0 saturated heterocycles. The summed E-state index contributed by atoms with van der Waals surface area (Å²) in [7, 11) is 5.78. The number of hydrogen-bond donors (Lipinski definition) is 0. The summed E-state index contributed by atoms with van der Waals surface area (Å²) in [6.07, 6.45) is 0.102. The molecule has 1 aromatic rings. The number of rotatable bonds is 3. The van der Waals surface area contributed by atoms with Gasteiger partial charge in [-0.1, -0.05) is 0 Å². The first-order chi connectivity index (χ1) is 5.66. The monoisotopic (exact) mass is 185 g/mol. The molecule has 0 N–H and O–H groups in total. The maximum absolute atomic E-state index is 5.37. The molecule has 1 aromatic heterocycles. The van der Waals surface area contributed by atoms with Crippen LogP contribution in [0.25, 0.3) is 0 Å². The third-order valence-electron chi connectivity index (χ3n) is 1.82. The van der Waals surface area contributed by atoms with Gasteiger partial charge in [0.2, 0.25) is 0 Å². The highest BCUT2D eigenvalue weighted by Crippen LogP contribution is 2.27. The Morgan fingerprint density at radius 1 is 1.50 bits per heavy atom. The predicted molar refractivity (Wildman–Crippen MR) is 52.5 cm³/mol. The second-order valence-electron chi connectivity index (χ2n) is 3.02. The second-order valence-corrected chi connectivity index (χ2v) is 3.97. The Morgan fingerprint density at radius 2 is 2.17 bits per heavy atom. The summed E-state index contributed by atoms with van der Waals surface area (Å²) in [4.78, 5) is 3.36. The zero-order chi connectivity index (χ0) is 9.14. The molecule has 0 amide bonds. The Kier molecular flexibility index (Phi) is 3.26. The van der Waals surface area contributed by atoms with Crippen molar-refractivity contribution in [3.05, 3.63) is 21.9 Å². The van der Waals surface area contributed by atoms with Gasteiger partial charge in [-0.2, -0.15) is 0 Å². The number of aryl methyl sites for hydroxylation is 1. The summed E-state index contributed by atoms with van der Waals surface area (Å²) in [6, 6.07) is 2.12. The molecule has 0 aliphatic carbocycles. The van der Waals surface area contributed by atoms with Gasteiger partial charge in [0.25, 0.3) is 0 Å². The topological polar surface area (TPSA) is 12.5 Å². The second kappa shape index (κ2) is 4.03. The standard InChI is InChI=1S/C9H15NOS/c1-7-5-6-12-8(7)9(11-4)10(2)3/h5-6,9H,1-4H3. The smallest absolute Gasteiger partial charge is 0.145 e. The Hall–Kier alpha value is -0.380. The highest BCUT2D eigenvalue weighted by molar-refractivity contribution is 7.10. The van der Waals surface area contributed by atoms with Gasteiger partial charge in [0.15, 0.2) is 0 Å². The van der Waals surface area contributed by atoms with Gasteiger partial charge in [-0.25, -0.2) is 0 Å². The van der Waals surface area contributed by atoms with Crippen molar-refractivity contribution in [3.63, 3.8) is 0 Å². The van der Waals surface area contributed by atoms with Crippen molar-refractivity contribution < 1.29 is 4.74 Å². The minimum Gasteiger partial charge on any atom is -0.361 e. The van der Waals surface area contributed by atoms with Crippen LogP contribution in [-0.4, -0.2) is 26.1 Å². The molecule has 0 fully saturated rings. The lowest BCUT2D eigenvalue weighted by Gasteiger charge is -2.22. The van der Waals surface area contributed by atoms with Crippen LogP contribution in [0.15, 0.2) is 11.4 Å². The van der Waals surface area contributed by atoms with Gasteiger partial charge in [0.05, 0.1) is 4.88 Å². The Morgan fingerprint density at radius 3 is 2.50 bits per heavy atom. The van der Waals surface area contributed by atoms with E-state index in [1.807, 2.05) is 14.1 Å². The normalized spacial score (nSPS) is 13.8. The van der Waals surface area contributed by atoms with Gasteiger partial charge in [-0.15, -0.1) is 11.3 Å². The molecule has 1 rings (SSSR count). The van der Waals surface area contributed by atoms with E-state index in [1.165, 1.54) is 10.4 Å². The average molecular weight is 185 g/mol. The molecule has 0 saturated carbocycles. The molecule has 3 heteroatoms. The average Bonchev–Trinajstić information content (AvgIpc) is 2.38. The molecule has 1 unspecified atom stereocenters. The lowest BCUT2D eigenvalue weighted by molar-refractivity contribution is -0.00309. The number of hydrogen-bond acceptors (Lipinski definition) is 3. The first-order valence-electron chi connectivity index (χ1n) is 3.90. The van der Waals surface area contributed by atoms with E-state index in [1.54, 1.807) is 18.4 Å². The summed E-state index contributed by atoms with van der Waals surface area (Å²) in [5.41, 5.74) is 1.31. The van der Waals surface area contributed by atoms with Gasteiger partial charge in [-0.3, -0.25) is 4.90 Å².